The third-order valence-electron chi connectivity index (χ3n) is 4.20. The van der Waals surface area contributed by atoms with E-state index in [0.29, 0.717) is 6.42 Å². The van der Waals surface area contributed by atoms with Gasteiger partial charge in [-0.1, -0.05) is 18.2 Å². The number of piperazine rings is 1. The van der Waals surface area contributed by atoms with Crippen molar-refractivity contribution in [3.63, 3.8) is 0 Å². The summed E-state index contributed by atoms with van der Waals surface area (Å²) in [7, 11) is 1.65. The van der Waals surface area contributed by atoms with Crippen LogP contribution in [0.4, 0.5) is 0 Å². The number of hydrogen-bond donors (Lipinski definition) is 0. The maximum absolute atomic E-state index is 12.4. The highest BCUT2D eigenvalue weighted by Crippen LogP contribution is 2.15. The van der Waals surface area contributed by atoms with Gasteiger partial charge in [-0.2, -0.15) is 0 Å². The van der Waals surface area contributed by atoms with Gasteiger partial charge in [-0.3, -0.25) is 9.69 Å². The van der Waals surface area contributed by atoms with Crippen molar-refractivity contribution in [3.8, 4) is 5.75 Å². The van der Waals surface area contributed by atoms with E-state index in [9.17, 15) is 4.79 Å². The van der Waals surface area contributed by atoms with Crippen molar-refractivity contribution >= 4 is 17.2 Å². The Bertz CT molecular complexity index is 617. The fourth-order valence-corrected chi connectivity index (χ4v) is 3.55. The van der Waals surface area contributed by atoms with Gasteiger partial charge in [0.15, 0.2) is 0 Å². The van der Waals surface area contributed by atoms with Crippen LogP contribution in [0.5, 0.6) is 5.75 Å². The summed E-state index contributed by atoms with van der Waals surface area (Å²) in [6.45, 7) is 4.54. The highest BCUT2D eigenvalue weighted by atomic mass is 32.1. The first-order valence-electron chi connectivity index (χ1n) is 7.90. The van der Waals surface area contributed by atoms with Crippen LogP contribution in [-0.2, 0) is 17.8 Å². The lowest BCUT2D eigenvalue weighted by Gasteiger charge is -2.34. The summed E-state index contributed by atoms with van der Waals surface area (Å²) in [6, 6.07) is 12.0. The number of ether oxygens (including phenoxy) is 1. The number of hydrogen-bond acceptors (Lipinski definition) is 4. The Hall–Kier alpha value is -1.85. The van der Waals surface area contributed by atoms with E-state index in [1.54, 1.807) is 18.4 Å². The average molecular weight is 330 g/mol. The molecule has 0 saturated carbocycles. The molecule has 5 heteroatoms. The summed E-state index contributed by atoms with van der Waals surface area (Å²) in [5.41, 5.74) is 1.04. The maximum atomic E-state index is 12.4. The topological polar surface area (TPSA) is 32.8 Å². The van der Waals surface area contributed by atoms with Crippen LogP contribution >= 0.6 is 11.3 Å². The van der Waals surface area contributed by atoms with Crippen LogP contribution in [0.3, 0.4) is 0 Å². The van der Waals surface area contributed by atoms with E-state index < -0.39 is 0 Å². The van der Waals surface area contributed by atoms with Gasteiger partial charge in [-0.05, 0) is 29.1 Å². The largest absolute Gasteiger partial charge is 0.497 e. The van der Waals surface area contributed by atoms with Gasteiger partial charge in [0, 0.05) is 37.6 Å². The fraction of sp³-hybridized carbons (Fsp3) is 0.389. The summed E-state index contributed by atoms with van der Waals surface area (Å²) < 4.78 is 5.15. The third kappa shape index (κ3) is 4.33. The van der Waals surface area contributed by atoms with Gasteiger partial charge in [0.2, 0.25) is 5.91 Å². The second-order valence-electron chi connectivity index (χ2n) is 5.76. The number of benzene rings is 1. The van der Waals surface area contributed by atoms with Crippen molar-refractivity contribution in [2.45, 2.75) is 13.0 Å². The molecule has 122 valence electrons. The molecule has 0 radical (unpaired) electrons. The molecule has 4 nitrogen and oxygen atoms in total. The molecule has 2 aromatic rings. The number of amides is 1. The molecule has 1 saturated heterocycles. The van der Waals surface area contributed by atoms with E-state index in [0.717, 1.165) is 44.0 Å². The molecule has 1 aromatic heterocycles. The smallest absolute Gasteiger partial charge is 0.227 e. The number of nitrogens with zero attached hydrogens (tertiary/aromatic N) is 2. The van der Waals surface area contributed by atoms with E-state index >= 15 is 0 Å². The van der Waals surface area contributed by atoms with Gasteiger partial charge in [0.1, 0.15) is 5.75 Å². The Morgan fingerprint density at radius 3 is 2.48 bits per heavy atom. The molecule has 1 aliphatic rings. The van der Waals surface area contributed by atoms with Gasteiger partial charge >= 0.3 is 0 Å². The van der Waals surface area contributed by atoms with Crippen LogP contribution < -0.4 is 4.74 Å². The van der Waals surface area contributed by atoms with Gasteiger partial charge in [0.25, 0.3) is 0 Å². The van der Waals surface area contributed by atoms with Gasteiger partial charge in [-0.15, -0.1) is 11.3 Å². The molecule has 0 atom stereocenters. The third-order valence-corrected chi connectivity index (χ3v) is 5.06. The molecule has 1 amide bonds. The van der Waals surface area contributed by atoms with Crippen molar-refractivity contribution < 1.29 is 9.53 Å². The van der Waals surface area contributed by atoms with Crippen LogP contribution in [0.2, 0.25) is 0 Å². The molecule has 3 rings (SSSR count). The minimum Gasteiger partial charge on any atom is -0.497 e. The molecule has 2 heterocycles. The van der Waals surface area contributed by atoms with E-state index in [1.807, 2.05) is 29.2 Å². The number of thiophene rings is 1. The number of rotatable bonds is 5. The van der Waals surface area contributed by atoms with Crippen LogP contribution in [0.25, 0.3) is 0 Å². The van der Waals surface area contributed by atoms with Crippen molar-refractivity contribution in [2.24, 2.45) is 0 Å². The fourth-order valence-electron chi connectivity index (χ4n) is 2.81. The molecule has 0 N–H and O–H groups in total. The summed E-state index contributed by atoms with van der Waals surface area (Å²) in [5.74, 6) is 1.04. The van der Waals surface area contributed by atoms with Gasteiger partial charge in [0.05, 0.1) is 13.5 Å². The van der Waals surface area contributed by atoms with Crippen molar-refractivity contribution in [3.05, 3.63) is 52.2 Å². The Morgan fingerprint density at radius 1 is 1.13 bits per heavy atom. The van der Waals surface area contributed by atoms with E-state index in [4.69, 9.17) is 4.74 Å². The SMILES string of the molecule is COc1ccc(CC(=O)N2CCN(Cc3cccs3)CC2)cc1. The highest BCUT2D eigenvalue weighted by molar-refractivity contribution is 7.09. The molecule has 0 aliphatic carbocycles. The van der Waals surface area contributed by atoms with Gasteiger partial charge in [-0.25, -0.2) is 0 Å². The molecule has 23 heavy (non-hydrogen) atoms. The first-order valence-corrected chi connectivity index (χ1v) is 8.78. The summed E-state index contributed by atoms with van der Waals surface area (Å²) in [5, 5.41) is 2.12. The lowest BCUT2D eigenvalue weighted by atomic mass is 10.1. The lowest BCUT2D eigenvalue weighted by molar-refractivity contribution is -0.132. The molecule has 0 unspecified atom stereocenters. The van der Waals surface area contributed by atoms with Crippen LogP contribution in [0, 0.1) is 0 Å². The van der Waals surface area contributed by atoms with Crippen molar-refractivity contribution in [2.75, 3.05) is 33.3 Å². The summed E-state index contributed by atoms with van der Waals surface area (Å²) in [4.78, 5) is 18.2. The molecular weight excluding hydrogens is 308 g/mol. The predicted molar refractivity (Wildman–Crippen MR) is 92.9 cm³/mol. The first-order chi connectivity index (χ1) is 11.2. The lowest BCUT2D eigenvalue weighted by Crippen LogP contribution is -2.48. The second kappa shape index (κ2) is 7.62. The zero-order chi connectivity index (χ0) is 16.1. The van der Waals surface area contributed by atoms with E-state index in [-0.39, 0.29) is 5.91 Å². The Kier molecular flexibility index (Phi) is 5.31. The Morgan fingerprint density at radius 2 is 1.87 bits per heavy atom. The van der Waals surface area contributed by atoms with E-state index in [2.05, 4.69) is 22.4 Å². The summed E-state index contributed by atoms with van der Waals surface area (Å²) >= 11 is 1.80. The normalized spacial score (nSPS) is 15.6. The second-order valence-corrected chi connectivity index (χ2v) is 6.79. The van der Waals surface area contributed by atoms with E-state index in [1.165, 1.54) is 4.88 Å². The number of carbonyl (C=O) groups is 1. The Balaban J connectivity index is 1.47. The minimum atomic E-state index is 0.214. The zero-order valence-corrected chi connectivity index (χ0v) is 14.2. The highest BCUT2D eigenvalue weighted by Gasteiger charge is 2.21. The predicted octanol–water partition coefficient (Wildman–Crippen LogP) is 2.64. The monoisotopic (exact) mass is 330 g/mol. The number of methoxy groups -OCH3 is 1. The van der Waals surface area contributed by atoms with Crippen molar-refractivity contribution in [1.82, 2.24) is 9.80 Å². The minimum absolute atomic E-state index is 0.214. The van der Waals surface area contributed by atoms with Crippen LogP contribution in [-0.4, -0.2) is 49.0 Å². The standard InChI is InChI=1S/C18H22N2O2S/c1-22-16-6-4-15(5-7-16)13-18(21)20-10-8-19(9-11-20)14-17-3-2-12-23-17/h2-7,12H,8-11,13-14H2,1H3. The molecule has 1 aliphatic heterocycles. The van der Waals surface area contributed by atoms with Crippen molar-refractivity contribution in [1.29, 1.82) is 0 Å². The number of carbonyl (C=O) groups excluding carboxylic acids is 1. The van der Waals surface area contributed by atoms with Crippen LogP contribution in [0.15, 0.2) is 41.8 Å². The van der Waals surface area contributed by atoms with Crippen LogP contribution in [0.1, 0.15) is 10.4 Å². The Labute approximate surface area is 141 Å². The molecular formula is C18H22N2O2S. The molecule has 0 spiro atoms. The molecule has 0 bridgehead atoms. The molecule has 1 fully saturated rings. The van der Waals surface area contributed by atoms with Gasteiger partial charge < -0.3 is 9.64 Å². The maximum Gasteiger partial charge on any atom is 0.227 e. The molecule has 1 aromatic carbocycles. The first kappa shape index (κ1) is 16.0. The average Bonchev–Trinajstić information content (AvgIpc) is 3.09. The summed E-state index contributed by atoms with van der Waals surface area (Å²) in [6.07, 6.45) is 0.467. The quantitative estimate of drug-likeness (QED) is 0.845. The zero-order valence-electron chi connectivity index (χ0n) is 13.4.